The van der Waals surface area contributed by atoms with Gasteiger partial charge in [-0.15, -0.1) is 0 Å². The topological polar surface area (TPSA) is 100 Å². The van der Waals surface area contributed by atoms with Crippen LogP contribution in [-0.4, -0.2) is 78.0 Å². The van der Waals surface area contributed by atoms with Gasteiger partial charge in [-0.2, -0.15) is 0 Å². The third-order valence-corrected chi connectivity index (χ3v) is 9.85. The fraction of sp³-hybridized carbons (Fsp3) is 0.742. The van der Waals surface area contributed by atoms with E-state index in [4.69, 9.17) is 9.47 Å². The normalized spacial score (nSPS) is 33.7. The quantitative estimate of drug-likeness (QED) is 0.531. The van der Waals surface area contributed by atoms with Crippen LogP contribution in [0, 0.1) is 0 Å². The summed E-state index contributed by atoms with van der Waals surface area (Å²) < 4.78 is 12.6. The fourth-order valence-electron chi connectivity index (χ4n) is 7.63. The summed E-state index contributed by atoms with van der Waals surface area (Å²) in [6.07, 6.45) is 12.3. The third-order valence-electron chi connectivity index (χ3n) is 9.85. The van der Waals surface area contributed by atoms with Crippen molar-refractivity contribution in [1.82, 2.24) is 15.5 Å². The summed E-state index contributed by atoms with van der Waals surface area (Å²) in [6.45, 7) is 1.42. The Hall–Kier alpha value is -2.16. The number of hydrogen-bond donors (Lipinski definition) is 3. The van der Waals surface area contributed by atoms with Crippen LogP contribution in [-0.2, 0) is 9.53 Å². The SMILES string of the molecule is O=C1N[C@H]2C[C@@H](C(=O)NC[C@H]3O[C@H](CCOc4cc(C5CCCC5)ccc41)CC[C@@H]3O)N(C1CCCCC1)C2. The zero-order chi connectivity index (χ0) is 26.8. The van der Waals surface area contributed by atoms with Crippen molar-refractivity contribution in [2.75, 3.05) is 19.7 Å². The number of carbonyl (C=O) groups is 2. The molecule has 3 aliphatic heterocycles. The van der Waals surface area contributed by atoms with Crippen LogP contribution in [0.2, 0.25) is 0 Å². The zero-order valence-corrected chi connectivity index (χ0v) is 23.1. The van der Waals surface area contributed by atoms with E-state index in [1.54, 1.807) is 0 Å². The van der Waals surface area contributed by atoms with Crippen LogP contribution in [0.5, 0.6) is 5.75 Å². The molecule has 3 heterocycles. The van der Waals surface area contributed by atoms with Crippen molar-refractivity contribution >= 4 is 11.8 Å². The van der Waals surface area contributed by atoms with Gasteiger partial charge in [0.1, 0.15) is 11.9 Å². The molecule has 0 unspecified atom stereocenters. The van der Waals surface area contributed by atoms with E-state index in [1.165, 1.54) is 50.5 Å². The van der Waals surface area contributed by atoms with Crippen molar-refractivity contribution in [2.45, 2.75) is 126 Å². The average molecular weight is 540 g/mol. The first-order chi connectivity index (χ1) is 19.0. The second kappa shape index (κ2) is 12.1. The van der Waals surface area contributed by atoms with Crippen LogP contribution in [0.3, 0.4) is 0 Å². The number of ether oxygens (including phenoxy) is 2. The Bertz CT molecular complexity index is 1020. The number of aliphatic hydroxyl groups excluding tert-OH is 1. The zero-order valence-electron chi connectivity index (χ0n) is 23.1. The van der Waals surface area contributed by atoms with Gasteiger partial charge < -0.3 is 25.2 Å². The maximum absolute atomic E-state index is 13.6. The summed E-state index contributed by atoms with van der Waals surface area (Å²) in [4.78, 5) is 29.5. The molecule has 2 saturated carbocycles. The molecule has 5 aliphatic rings. The Balaban J connectivity index is 1.27. The molecule has 6 rings (SSSR count). The number of amides is 2. The molecule has 2 amide bonds. The molecule has 2 aliphatic carbocycles. The van der Waals surface area contributed by atoms with Crippen molar-refractivity contribution in [1.29, 1.82) is 0 Å². The van der Waals surface area contributed by atoms with E-state index in [-0.39, 0.29) is 30.0 Å². The van der Waals surface area contributed by atoms with E-state index in [9.17, 15) is 14.7 Å². The molecule has 5 atom stereocenters. The van der Waals surface area contributed by atoms with Crippen LogP contribution >= 0.6 is 0 Å². The van der Waals surface area contributed by atoms with E-state index in [1.807, 2.05) is 6.07 Å². The van der Waals surface area contributed by atoms with Gasteiger partial charge >= 0.3 is 0 Å². The molecule has 8 heteroatoms. The highest BCUT2D eigenvalue weighted by molar-refractivity contribution is 5.97. The van der Waals surface area contributed by atoms with Crippen molar-refractivity contribution in [2.24, 2.45) is 0 Å². The van der Waals surface area contributed by atoms with Gasteiger partial charge in [-0.1, -0.05) is 38.2 Å². The number of rotatable bonds is 2. The maximum Gasteiger partial charge on any atom is 0.255 e. The van der Waals surface area contributed by atoms with Gasteiger partial charge in [0.15, 0.2) is 0 Å². The first-order valence-electron chi connectivity index (χ1n) is 15.5. The molecule has 1 aromatic rings. The summed E-state index contributed by atoms with van der Waals surface area (Å²) in [7, 11) is 0. The lowest BCUT2D eigenvalue weighted by atomic mass is 9.93. The monoisotopic (exact) mass is 539 g/mol. The van der Waals surface area contributed by atoms with E-state index in [0.717, 1.165) is 19.3 Å². The molecule has 0 spiro atoms. The second-order valence-electron chi connectivity index (χ2n) is 12.5. The minimum atomic E-state index is -0.582. The Morgan fingerprint density at radius 2 is 1.72 bits per heavy atom. The minimum absolute atomic E-state index is 0.0210. The number of fused-ring (bicyclic) bond motifs is 5. The summed E-state index contributed by atoms with van der Waals surface area (Å²) in [6, 6.07) is 6.09. The lowest BCUT2D eigenvalue weighted by Gasteiger charge is -2.36. The predicted octanol–water partition coefficient (Wildman–Crippen LogP) is 3.66. The van der Waals surface area contributed by atoms with Crippen molar-refractivity contribution in [3.63, 3.8) is 0 Å². The van der Waals surface area contributed by atoms with Gasteiger partial charge in [-0.3, -0.25) is 14.5 Å². The van der Waals surface area contributed by atoms with Gasteiger partial charge in [0.25, 0.3) is 5.91 Å². The Morgan fingerprint density at radius 3 is 2.54 bits per heavy atom. The Morgan fingerprint density at radius 1 is 0.923 bits per heavy atom. The van der Waals surface area contributed by atoms with Crippen LogP contribution < -0.4 is 15.4 Å². The maximum atomic E-state index is 13.6. The molecular formula is C31H45N3O5. The largest absolute Gasteiger partial charge is 0.493 e. The molecule has 8 nitrogen and oxygen atoms in total. The number of likely N-dealkylation sites (tertiary alicyclic amines) is 1. The molecule has 39 heavy (non-hydrogen) atoms. The molecule has 214 valence electrons. The third kappa shape index (κ3) is 6.13. The van der Waals surface area contributed by atoms with Crippen LogP contribution in [0.1, 0.15) is 105 Å². The van der Waals surface area contributed by atoms with Crippen molar-refractivity contribution < 1.29 is 24.2 Å². The highest BCUT2D eigenvalue weighted by Gasteiger charge is 2.42. The highest BCUT2D eigenvalue weighted by Crippen LogP contribution is 2.37. The minimum Gasteiger partial charge on any atom is -0.493 e. The number of benzene rings is 1. The Labute approximate surface area is 232 Å². The summed E-state index contributed by atoms with van der Waals surface area (Å²) in [5, 5.41) is 17.0. The number of nitrogens with zero attached hydrogens (tertiary/aromatic N) is 1. The van der Waals surface area contributed by atoms with Gasteiger partial charge in [-0.05, 0) is 68.6 Å². The first-order valence-corrected chi connectivity index (χ1v) is 15.5. The van der Waals surface area contributed by atoms with Gasteiger partial charge in [0.2, 0.25) is 5.91 Å². The van der Waals surface area contributed by atoms with E-state index < -0.39 is 12.2 Å². The van der Waals surface area contributed by atoms with Crippen LogP contribution in [0.4, 0.5) is 0 Å². The molecule has 4 fully saturated rings. The number of hydrogen-bond acceptors (Lipinski definition) is 6. The summed E-state index contributed by atoms with van der Waals surface area (Å²) >= 11 is 0. The van der Waals surface area contributed by atoms with Crippen molar-refractivity contribution in [3.05, 3.63) is 29.3 Å². The van der Waals surface area contributed by atoms with Crippen LogP contribution in [0.15, 0.2) is 18.2 Å². The fourth-order valence-corrected chi connectivity index (χ4v) is 7.63. The molecule has 2 saturated heterocycles. The molecule has 4 bridgehead atoms. The second-order valence-corrected chi connectivity index (χ2v) is 12.5. The van der Waals surface area contributed by atoms with Crippen LogP contribution in [0.25, 0.3) is 0 Å². The first kappa shape index (κ1) is 27.0. The summed E-state index contributed by atoms with van der Waals surface area (Å²) in [5.41, 5.74) is 1.82. The van der Waals surface area contributed by atoms with E-state index in [0.29, 0.717) is 62.2 Å². The van der Waals surface area contributed by atoms with Gasteiger partial charge in [0.05, 0.1) is 30.4 Å². The van der Waals surface area contributed by atoms with Gasteiger partial charge in [-0.25, -0.2) is 0 Å². The lowest BCUT2D eigenvalue weighted by Crippen LogP contribution is -2.52. The lowest BCUT2D eigenvalue weighted by molar-refractivity contribution is -0.134. The average Bonchev–Trinajstić information content (AvgIpc) is 3.64. The van der Waals surface area contributed by atoms with Crippen molar-refractivity contribution in [3.8, 4) is 5.75 Å². The predicted molar refractivity (Wildman–Crippen MR) is 148 cm³/mol. The molecular weight excluding hydrogens is 494 g/mol. The number of nitrogens with one attached hydrogen (secondary N) is 2. The van der Waals surface area contributed by atoms with E-state index >= 15 is 0 Å². The summed E-state index contributed by atoms with van der Waals surface area (Å²) in [5.74, 6) is 1.03. The Kier molecular flexibility index (Phi) is 8.42. The van der Waals surface area contributed by atoms with Gasteiger partial charge in [0, 0.05) is 31.6 Å². The molecule has 0 aromatic heterocycles. The number of aliphatic hydroxyl groups is 1. The smallest absolute Gasteiger partial charge is 0.255 e. The number of carbonyl (C=O) groups excluding carboxylic acids is 2. The standard InChI is InChI=1S/C31H45N3O5/c35-27-13-11-24-14-15-38-28-16-21(20-6-4-5-7-20)10-12-25(28)30(36)33-22-17-26(31(37)32-18-29(27)39-24)34(19-22)23-8-2-1-3-9-23/h10,12,16,20,22-24,26-27,29,35H,1-9,11,13-15,17-19H2,(H,32,37)(H,33,36)/t22-,24-,26-,27-,29+/m0/s1. The molecule has 0 radical (unpaired) electrons. The van der Waals surface area contributed by atoms with E-state index in [2.05, 4.69) is 27.7 Å². The highest BCUT2D eigenvalue weighted by atomic mass is 16.5. The molecule has 3 N–H and O–H groups in total. The molecule has 1 aromatic carbocycles.